The summed E-state index contributed by atoms with van der Waals surface area (Å²) in [6, 6.07) is 9.95. The third kappa shape index (κ3) is 14.7. The van der Waals surface area contributed by atoms with Gasteiger partial charge in [-0.25, -0.2) is 15.1 Å². The number of hydrogen-bond donors (Lipinski definition) is 11. The van der Waals surface area contributed by atoms with Gasteiger partial charge in [-0.1, -0.05) is 51.1 Å². The number of likely N-dealkylation sites (N-methyl/N-ethyl adjacent to an activating group) is 1. The number of phenols is 1. The maximum absolute atomic E-state index is 15.0. The molecule has 4 bridgehead atoms. The fourth-order valence-corrected chi connectivity index (χ4v) is 8.25. The van der Waals surface area contributed by atoms with Crippen LogP contribution in [0, 0.1) is 25.2 Å². The second-order valence-corrected chi connectivity index (χ2v) is 20.1. The maximum Gasteiger partial charge on any atom is 0.274 e. The SMILES string of the molecule is Cc1nc(-c2ccc(C(C)(C)C)cc2)nc(C)c1C(=O)NC(CNS(N)(=O)=O)C(=O)N(C)C1C(=O)NC(C)C(=O)NC(C(=O)NCC#N)Cc2ccc(OCC(O)CN)c(c2)-c2cc1cc(OCC(O)CN)c2O. The highest BCUT2D eigenvalue weighted by Gasteiger charge is 2.38. The largest absolute Gasteiger partial charge is 0.504 e. The Hall–Kier alpha value is -7.31. The number of carbonyl (C=O) groups is 5. The smallest absolute Gasteiger partial charge is 0.274 e. The molecule has 0 fully saturated rings. The van der Waals surface area contributed by atoms with Crippen LogP contribution < -0.4 is 52.1 Å². The highest BCUT2D eigenvalue weighted by molar-refractivity contribution is 7.87. The van der Waals surface area contributed by atoms with E-state index in [0.717, 1.165) is 17.5 Å². The van der Waals surface area contributed by atoms with E-state index < -0.39 is 102 Å². The van der Waals surface area contributed by atoms with Gasteiger partial charge in [0.1, 0.15) is 61.9 Å². The third-order valence-corrected chi connectivity index (χ3v) is 12.5. The summed E-state index contributed by atoms with van der Waals surface area (Å²) in [4.78, 5) is 81.4. The first-order valence-electron chi connectivity index (χ1n) is 23.3. The van der Waals surface area contributed by atoms with Crippen molar-refractivity contribution in [2.75, 3.05) is 46.4 Å². The van der Waals surface area contributed by atoms with E-state index in [9.17, 15) is 53.0 Å². The Kier molecular flexibility index (Phi) is 19.2. The van der Waals surface area contributed by atoms with Gasteiger partial charge in [-0.2, -0.15) is 18.4 Å². The number of phenolic OH excluding ortho intramolecular Hbond substituents is 1. The third-order valence-electron chi connectivity index (χ3n) is 11.9. The molecule has 4 aromatic rings. The van der Waals surface area contributed by atoms with Gasteiger partial charge in [0.25, 0.3) is 16.1 Å². The number of aromatic nitrogens is 2. The molecule has 24 nitrogen and oxygen atoms in total. The number of rotatable bonds is 18. The predicted octanol–water partition coefficient (Wildman–Crippen LogP) is -0.896. The van der Waals surface area contributed by atoms with Crippen LogP contribution in [-0.4, -0.2) is 145 Å². The summed E-state index contributed by atoms with van der Waals surface area (Å²) in [5.41, 5.74) is 13.5. The lowest BCUT2D eigenvalue weighted by Gasteiger charge is -2.33. The van der Waals surface area contributed by atoms with Crippen molar-refractivity contribution in [3.63, 3.8) is 0 Å². The van der Waals surface area contributed by atoms with Crippen LogP contribution in [-0.2, 0) is 41.2 Å². The van der Waals surface area contributed by atoms with Crippen LogP contribution in [0.4, 0.5) is 0 Å². The first-order chi connectivity index (χ1) is 34.8. The molecule has 6 atom stereocenters. The zero-order valence-electron chi connectivity index (χ0n) is 42.1. The molecule has 0 spiro atoms. The van der Waals surface area contributed by atoms with Crippen molar-refractivity contribution in [3.05, 3.63) is 88.2 Å². The van der Waals surface area contributed by atoms with E-state index in [4.69, 9.17) is 26.1 Å². The van der Waals surface area contributed by atoms with E-state index in [1.165, 1.54) is 31.2 Å². The van der Waals surface area contributed by atoms with Crippen LogP contribution in [0.2, 0.25) is 0 Å². The number of nitriles is 1. The molecule has 398 valence electrons. The van der Waals surface area contributed by atoms with Gasteiger partial charge in [0.05, 0.1) is 23.0 Å². The lowest BCUT2D eigenvalue weighted by molar-refractivity contribution is -0.141. The second kappa shape index (κ2) is 24.6. The Balaban J connectivity index is 1.68. The van der Waals surface area contributed by atoms with Crippen molar-refractivity contribution in [1.82, 2.24) is 40.9 Å². The van der Waals surface area contributed by atoms with E-state index in [1.54, 1.807) is 26.0 Å². The standard InChI is InChI=1S/C49H64N12O12S/c1-25-40(26(2)57-43(56-25)29-9-11-31(12-10-29)49(4,5)6)46(67)60-37(22-55-74(53,70)71)48(69)61(7)41-30-18-35(42(64)39(19-30)73-24-33(63)21-52)34-16-28(8-13-38(34)72-23-32(62)20-51)17-36(45(66)54-15-14-50)59-44(65)27(3)58-47(41)68/h8-13,16,18-19,27,32-33,36-37,41,55,62-64H,15,17,20-24,51-52H2,1-7H3,(H,54,66)(H,58,68)(H,59,65)(H,60,67)(H2,53,70,71). The van der Waals surface area contributed by atoms with E-state index in [0.29, 0.717) is 17.0 Å². The highest BCUT2D eigenvalue weighted by atomic mass is 32.2. The fraction of sp³-hybridized carbons (Fsp3) is 0.429. The predicted molar refractivity (Wildman–Crippen MR) is 270 cm³/mol. The number of aromatic hydroxyl groups is 1. The number of benzene rings is 3. The minimum atomic E-state index is -4.53. The van der Waals surface area contributed by atoms with Gasteiger partial charge >= 0.3 is 0 Å². The van der Waals surface area contributed by atoms with Crippen LogP contribution in [0.25, 0.3) is 22.5 Å². The maximum atomic E-state index is 15.0. The molecule has 1 aliphatic heterocycles. The van der Waals surface area contributed by atoms with Crippen LogP contribution in [0.15, 0.2) is 54.6 Å². The molecule has 3 aromatic carbocycles. The van der Waals surface area contributed by atoms with Gasteiger partial charge < -0.3 is 62.4 Å². The Labute approximate surface area is 428 Å². The molecular weight excluding hydrogens is 981 g/mol. The summed E-state index contributed by atoms with van der Waals surface area (Å²) in [5.74, 6) is -5.27. The molecule has 5 rings (SSSR count). The Morgan fingerprint density at radius 1 is 0.919 bits per heavy atom. The number of hydrogen-bond acceptors (Lipinski definition) is 17. The van der Waals surface area contributed by atoms with Crippen molar-refractivity contribution in [2.24, 2.45) is 16.6 Å². The lowest BCUT2D eigenvalue weighted by atomic mass is 9.86. The van der Waals surface area contributed by atoms with Crippen molar-refractivity contribution in [2.45, 2.75) is 89.8 Å². The number of nitrogens with one attached hydrogen (secondary N) is 5. The Morgan fingerprint density at radius 2 is 1.53 bits per heavy atom. The Morgan fingerprint density at radius 3 is 2.09 bits per heavy atom. The zero-order valence-corrected chi connectivity index (χ0v) is 42.9. The Bertz CT molecular complexity index is 2870. The molecule has 0 saturated carbocycles. The van der Waals surface area contributed by atoms with E-state index in [-0.39, 0.29) is 76.7 Å². The first kappa shape index (κ1) is 57.6. The van der Waals surface area contributed by atoms with Crippen LogP contribution >= 0.6 is 0 Å². The summed E-state index contributed by atoms with van der Waals surface area (Å²) >= 11 is 0. The molecular formula is C49H64N12O12S. The molecule has 0 saturated heterocycles. The summed E-state index contributed by atoms with van der Waals surface area (Å²) in [6.07, 6.45) is -2.60. The molecule has 0 radical (unpaired) electrons. The molecule has 25 heteroatoms. The average molecular weight is 1050 g/mol. The summed E-state index contributed by atoms with van der Waals surface area (Å²) in [7, 11) is -3.37. The highest BCUT2D eigenvalue weighted by Crippen LogP contribution is 2.45. The number of carbonyl (C=O) groups excluding carboxylic acids is 5. The molecule has 5 amide bonds. The van der Waals surface area contributed by atoms with Gasteiger partial charge in [-0.05, 0) is 67.1 Å². The van der Waals surface area contributed by atoms with Gasteiger partial charge in [-0.15, -0.1) is 0 Å². The second-order valence-electron chi connectivity index (χ2n) is 18.7. The number of ether oxygens (including phenoxy) is 2. The van der Waals surface area contributed by atoms with E-state index >= 15 is 0 Å². The molecule has 74 heavy (non-hydrogen) atoms. The molecule has 1 aromatic heterocycles. The lowest BCUT2D eigenvalue weighted by Crippen LogP contribution is -2.57. The van der Waals surface area contributed by atoms with Gasteiger partial charge in [0.15, 0.2) is 17.3 Å². The summed E-state index contributed by atoms with van der Waals surface area (Å²) in [5, 5.41) is 57.4. The molecule has 2 heterocycles. The fourth-order valence-electron chi connectivity index (χ4n) is 7.85. The topological polar surface area (TPSA) is 390 Å². The van der Waals surface area contributed by atoms with Crippen molar-refractivity contribution < 1.29 is 57.2 Å². The number of fused-ring (bicyclic) bond motifs is 5. The average Bonchev–Trinajstić information content (AvgIpc) is 3.34. The normalized spacial score (nSPS) is 17.3. The number of nitrogens with two attached hydrogens (primary N) is 3. The van der Waals surface area contributed by atoms with Gasteiger partial charge in [0, 0.05) is 49.8 Å². The van der Waals surface area contributed by atoms with Gasteiger partial charge in [-0.3, -0.25) is 24.0 Å². The summed E-state index contributed by atoms with van der Waals surface area (Å²) in [6.45, 7) is 8.09. The number of aliphatic hydroxyl groups excluding tert-OH is 2. The minimum Gasteiger partial charge on any atom is -0.504 e. The number of aryl methyl sites for hydroxylation is 2. The monoisotopic (exact) mass is 1040 g/mol. The van der Waals surface area contributed by atoms with Crippen LogP contribution in [0.5, 0.6) is 17.2 Å². The van der Waals surface area contributed by atoms with Crippen LogP contribution in [0.3, 0.4) is 0 Å². The quantitative estimate of drug-likeness (QED) is 0.0538. The van der Waals surface area contributed by atoms with Crippen molar-refractivity contribution in [3.8, 4) is 45.8 Å². The molecule has 14 N–H and O–H groups in total. The summed E-state index contributed by atoms with van der Waals surface area (Å²) < 4.78 is 38.6. The first-order valence-corrected chi connectivity index (χ1v) is 24.9. The molecule has 1 aliphatic rings. The van der Waals surface area contributed by atoms with Gasteiger partial charge in [0.2, 0.25) is 23.6 Å². The number of nitrogens with zero attached hydrogens (tertiary/aromatic N) is 4. The zero-order chi connectivity index (χ0) is 54.8. The van der Waals surface area contributed by atoms with Crippen molar-refractivity contribution in [1.29, 1.82) is 5.26 Å². The van der Waals surface area contributed by atoms with Crippen molar-refractivity contribution >= 4 is 39.7 Å². The molecule has 0 aliphatic carbocycles. The molecule has 6 unspecified atom stereocenters. The number of aliphatic hydroxyl groups is 2. The number of amides is 5. The van der Waals surface area contributed by atoms with Crippen LogP contribution in [0.1, 0.15) is 72.2 Å². The minimum absolute atomic E-state index is 0.0280. The van der Waals surface area contributed by atoms with E-state index in [1.807, 2.05) is 29.0 Å². The van der Waals surface area contributed by atoms with E-state index in [2.05, 4.69) is 52.0 Å².